The van der Waals surface area contributed by atoms with Crippen LogP contribution in [-0.4, -0.2) is 21.8 Å². The summed E-state index contributed by atoms with van der Waals surface area (Å²) in [6, 6.07) is 0. The van der Waals surface area contributed by atoms with Gasteiger partial charge in [-0.15, -0.1) is 0 Å². The average molecular weight is 281 g/mol. The van der Waals surface area contributed by atoms with Crippen molar-refractivity contribution in [3.63, 3.8) is 0 Å². The quantitative estimate of drug-likeness (QED) is 0.645. The third-order valence-corrected chi connectivity index (χ3v) is 3.49. The first kappa shape index (κ1) is 16.9. The van der Waals surface area contributed by atoms with Crippen LogP contribution >= 0.6 is 0 Å². The molecule has 0 fully saturated rings. The van der Waals surface area contributed by atoms with Crippen LogP contribution in [0.15, 0.2) is 6.20 Å². The van der Waals surface area contributed by atoms with Crippen LogP contribution in [0.2, 0.25) is 0 Å². The topological polar surface area (TPSA) is 62.6 Å². The van der Waals surface area contributed by atoms with E-state index in [1.807, 2.05) is 0 Å². The maximum absolute atomic E-state index is 9.82. The first-order valence-corrected chi connectivity index (χ1v) is 7.55. The minimum Gasteiger partial charge on any atom is -0.506 e. The molecule has 0 saturated heterocycles. The van der Waals surface area contributed by atoms with E-state index in [4.69, 9.17) is 4.74 Å². The number of nitrogens with zero attached hydrogens (tertiary/aromatic N) is 1. The van der Waals surface area contributed by atoms with Crippen LogP contribution in [0.3, 0.4) is 0 Å². The maximum Gasteiger partial charge on any atom is 0.142 e. The van der Waals surface area contributed by atoms with E-state index >= 15 is 0 Å². The lowest BCUT2D eigenvalue weighted by atomic mass is 10.1. The van der Waals surface area contributed by atoms with Crippen molar-refractivity contribution in [3.05, 3.63) is 23.0 Å². The molecule has 1 rings (SSSR count). The lowest BCUT2D eigenvalue weighted by Gasteiger charge is -2.11. The molecule has 0 unspecified atom stereocenters. The van der Waals surface area contributed by atoms with Crippen molar-refractivity contribution >= 4 is 0 Å². The van der Waals surface area contributed by atoms with E-state index in [1.165, 1.54) is 32.1 Å². The number of aromatic hydroxyl groups is 1. The molecule has 2 N–H and O–H groups in total. The molecule has 114 valence electrons. The molecule has 0 aliphatic rings. The molecule has 1 heterocycles. The Morgan fingerprint density at radius 1 is 1.15 bits per heavy atom. The zero-order chi connectivity index (χ0) is 14.8. The zero-order valence-electron chi connectivity index (χ0n) is 12.7. The van der Waals surface area contributed by atoms with Gasteiger partial charge in [-0.1, -0.05) is 39.0 Å². The van der Waals surface area contributed by atoms with Crippen LogP contribution in [-0.2, 0) is 18.0 Å². The Hall–Kier alpha value is -1.13. The zero-order valence-corrected chi connectivity index (χ0v) is 12.7. The fourth-order valence-corrected chi connectivity index (χ4v) is 2.15. The van der Waals surface area contributed by atoms with Gasteiger partial charge < -0.3 is 14.9 Å². The molecule has 0 aromatic carbocycles. The van der Waals surface area contributed by atoms with E-state index in [0.29, 0.717) is 24.5 Å². The predicted octanol–water partition coefficient (Wildman–Crippen LogP) is 3.47. The summed E-state index contributed by atoms with van der Waals surface area (Å²) in [5.41, 5.74) is 1.83. The largest absolute Gasteiger partial charge is 0.506 e. The van der Waals surface area contributed by atoms with E-state index in [0.717, 1.165) is 12.0 Å². The first-order chi connectivity index (χ1) is 9.70. The van der Waals surface area contributed by atoms with Gasteiger partial charge in [0.05, 0.1) is 18.9 Å². The van der Waals surface area contributed by atoms with Crippen LogP contribution in [0, 0.1) is 6.92 Å². The third-order valence-electron chi connectivity index (χ3n) is 3.49. The van der Waals surface area contributed by atoms with Gasteiger partial charge in [0, 0.05) is 23.9 Å². The molecule has 1 aromatic rings. The predicted molar refractivity (Wildman–Crippen MR) is 79.6 cm³/mol. The van der Waals surface area contributed by atoms with Gasteiger partial charge in [-0.05, 0) is 13.3 Å². The summed E-state index contributed by atoms with van der Waals surface area (Å²) in [5.74, 6) is 0.0770. The molecule has 0 atom stereocenters. The molecule has 0 amide bonds. The molecule has 1 aromatic heterocycles. The minimum absolute atomic E-state index is 0.0770. The Kier molecular flexibility index (Phi) is 8.23. The standard InChI is InChI=1S/C16H27NO3/c1-3-4-5-6-7-8-9-20-12-14-10-17-13(2)16(19)15(14)11-18/h10,18-19H,3-9,11-12H2,1-2H3. The van der Waals surface area contributed by atoms with Gasteiger partial charge in [-0.25, -0.2) is 0 Å². The number of hydrogen-bond donors (Lipinski definition) is 2. The van der Waals surface area contributed by atoms with Gasteiger partial charge in [-0.3, -0.25) is 4.98 Å². The second kappa shape index (κ2) is 9.72. The number of hydrogen-bond acceptors (Lipinski definition) is 4. The number of aliphatic hydroxyl groups excluding tert-OH is 1. The van der Waals surface area contributed by atoms with Crippen molar-refractivity contribution in [2.24, 2.45) is 0 Å². The van der Waals surface area contributed by atoms with Crippen LogP contribution in [0.25, 0.3) is 0 Å². The molecule has 0 spiro atoms. The Morgan fingerprint density at radius 3 is 2.55 bits per heavy atom. The maximum atomic E-state index is 9.82. The van der Waals surface area contributed by atoms with Crippen molar-refractivity contribution in [2.45, 2.75) is 65.6 Å². The minimum atomic E-state index is -0.190. The molecule has 0 saturated carbocycles. The van der Waals surface area contributed by atoms with E-state index in [9.17, 15) is 10.2 Å². The lowest BCUT2D eigenvalue weighted by molar-refractivity contribution is 0.114. The van der Waals surface area contributed by atoms with E-state index < -0.39 is 0 Å². The Balaban J connectivity index is 2.27. The third kappa shape index (κ3) is 5.47. The number of aliphatic hydroxyl groups is 1. The van der Waals surface area contributed by atoms with Crippen LogP contribution in [0.5, 0.6) is 5.75 Å². The van der Waals surface area contributed by atoms with Crippen LogP contribution in [0.1, 0.15) is 62.3 Å². The van der Waals surface area contributed by atoms with Crippen molar-refractivity contribution in [2.75, 3.05) is 6.61 Å². The summed E-state index contributed by atoms with van der Waals surface area (Å²) in [7, 11) is 0. The highest BCUT2D eigenvalue weighted by Crippen LogP contribution is 2.24. The number of rotatable bonds is 10. The van der Waals surface area contributed by atoms with E-state index in [-0.39, 0.29) is 12.4 Å². The molecule has 0 aliphatic carbocycles. The summed E-state index contributed by atoms with van der Waals surface area (Å²) < 4.78 is 5.60. The van der Waals surface area contributed by atoms with Gasteiger partial charge in [0.1, 0.15) is 5.75 Å². The van der Waals surface area contributed by atoms with Crippen molar-refractivity contribution in [1.29, 1.82) is 0 Å². The summed E-state index contributed by atoms with van der Waals surface area (Å²) in [5, 5.41) is 19.1. The fraction of sp³-hybridized carbons (Fsp3) is 0.688. The van der Waals surface area contributed by atoms with Crippen molar-refractivity contribution in [1.82, 2.24) is 4.98 Å². The van der Waals surface area contributed by atoms with Crippen LogP contribution in [0.4, 0.5) is 0 Å². The number of pyridine rings is 1. The number of unbranched alkanes of at least 4 members (excludes halogenated alkanes) is 5. The van der Waals surface area contributed by atoms with E-state index in [1.54, 1.807) is 13.1 Å². The summed E-state index contributed by atoms with van der Waals surface area (Å²) in [4.78, 5) is 4.09. The number of ether oxygens (including phenoxy) is 1. The Labute approximate surface area is 121 Å². The second-order valence-electron chi connectivity index (χ2n) is 5.17. The molecule has 0 aliphatic heterocycles. The summed E-state index contributed by atoms with van der Waals surface area (Å²) in [6.07, 6.45) is 9.09. The highest BCUT2D eigenvalue weighted by atomic mass is 16.5. The Morgan fingerprint density at radius 2 is 1.85 bits per heavy atom. The van der Waals surface area contributed by atoms with Gasteiger partial charge in [0.15, 0.2) is 0 Å². The lowest BCUT2D eigenvalue weighted by Crippen LogP contribution is -2.02. The van der Waals surface area contributed by atoms with Gasteiger partial charge in [-0.2, -0.15) is 0 Å². The monoisotopic (exact) mass is 281 g/mol. The molecular weight excluding hydrogens is 254 g/mol. The average Bonchev–Trinajstić information content (AvgIpc) is 2.45. The normalized spacial score (nSPS) is 10.9. The van der Waals surface area contributed by atoms with Gasteiger partial charge in [0.2, 0.25) is 0 Å². The fourth-order valence-electron chi connectivity index (χ4n) is 2.15. The highest BCUT2D eigenvalue weighted by Gasteiger charge is 2.10. The number of aryl methyl sites for hydroxylation is 1. The summed E-state index contributed by atoms with van der Waals surface area (Å²) >= 11 is 0. The van der Waals surface area contributed by atoms with Crippen LogP contribution < -0.4 is 0 Å². The molecule has 4 heteroatoms. The highest BCUT2D eigenvalue weighted by molar-refractivity contribution is 5.39. The van der Waals surface area contributed by atoms with Crippen molar-refractivity contribution in [3.8, 4) is 5.75 Å². The molecule has 4 nitrogen and oxygen atoms in total. The molecule has 0 bridgehead atoms. The SMILES string of the molecule is CCCCCCCCOCc1cnc(C)c(O)c1CO. The van der Waals surface area contributed by atoms with Gasteiger partial charge in [0.25, 0.3) is 0 Å². The van der Waals surface area contributed by atoms with Crippen molar-refractivity contribution < 1.29 is 14.9 Å². The second-order valence-corrected chi connectivity index (χ2v) is 5.17. The number of aromatic nitrogens is 1. The first-order valence-electron chi connectivity index (χ1n) is 7.55. The summed E-state index contributed by atoms with van der Waals surface area (Å²) in [6.45, 7) is 4.85. The van der Waals surface area contributed by atoms with E-state index in [2.05, 4.69) is 11.9 Å². The molecule has 20 heavy (non-hydrogen) atoms. The molecule has 0 radical (unpaired) electrons. The Bertz CT molecular complexity index is 394. The van der Waals surface area contributed by atoms with Gasteiger partial charge >= 0.3 is 0 Å². The smallest absolute Gasteiger partial charge is 0.142 e. The molecular formula is C16H27NO3.